The van der Waals surface area contributed by atoms with Crippen LogP contribution in [-0.4, -0.2) is 37.0 Å². The number of nitro groups is 1. The molecule has 0 saturated carbocycles. The third-order valence-electron chi connectivity index (χ3n) is 3.87. The van der Waals surface area contributed by atoms with E-state index in [4.69, 9.17) is 4.74 Å². The van der Waals surface area contributed by atoms with Crippen molar-refractivity contribution in [3.8, 4) is 0 Å². The Balaban J connectivity index is 1.98. The Labute approximate surface area is 156 Å². The lowest BCUT2D eigenvalue weighted by atomic mass is 10.1. The maximum Gasteiger partial charge on any atom is 0.273 e. The van der Waals surface area contributed by atoms with Gasteiger partial charge >= 0.3 is 0 Å². The molecule has 0 aliphatic heterocycles. The predicted molar refractivity (Wildman–Crippen MR) is 101 cm³/mol. The summed E-state index contributed by atoms with van der Waals surface area (Å²) in [6.07, 6.45) is 0.224. The van der Waals surface area contributed by atoms with Gasteiger partial charge in [-0.15, -0.1) is 0 Å². The summed E-state index contributed by atoms with van der Waals surface area (Å²) in [5.41, 5.74) is 1.93. The van der Waals surface area contributed by atoms with Gasteiger partial charge in [-0.1, -0.05) is 18.2 Å². The molecule has 2 rings (SSSR count). The first-order chi connectivity index (χ1) is 12.9. The number of amides is 2. The lowest BCUT2D eigenvalue weighted by molar-refractivity contribution is -0.385. The van der Waals surface area contributed by atoms with E-state index in [0.29, 0.717) is 24.4 Å². The normalized spacial score (nSPS) is 10.3. The Morgan fingerprint density at radius 2 is 1.85 bits per heavy atom. The van der Waals surface area contributed by atoms with Crippen LogP contribution in [0.5, 0.6) is 0 Å². The number of nitrogens with one attached hydrogen (secondary N) is 2. The highest BCUT2D eigenvalue weighted by Gasteiger charge is 2.15. The number of rotatable bonds is 8. The number of hydrogen-bond donors (Lipinski definition) is 2. The molecule has 0 heterocycles. The van der Waals surface area contributed by atoms with Gasteiger partial charge in [-0.2, -0.15) is 0 Å². The number of nitrogens with zero attached hydrogens (tertiary/aromatic N) is 1. The molecular formula is C19H21N3O5. The zero-order valence-corrected chi connectivity index (χ0v) is 15.2. The SMILES string of the molecule is COCCNC(=O)Cc1ccc(NC(=O)c2ccc(C)c([N+](=O)[O-])c2)cc1. The van der Waals surface area contributed by atoms with E-state index < -0.39 is 10.8 Å². The van der Waals surface area contributed by atoms with Gasteiger partial charge in [0.05, 0.1) is 18.0 Å². The molecule has 0 aliphatic carbocycles. The summed E-state index contributed by atoms with van der Waals surface area (Å²) in [7, 11) is 1.56. The maximum atomic E-state index is 12.3. The van der Waals surface area contributed by atoms with E-state index in [1.165, 1.54) is 12.1 Å². The fourth-order valence-electron chi connectivity index (χ4n) is 2.40. The number of carbonyl (C=O) groups is 2. The van der Waals surface area contributed by atoms with E-state index in [9.17, 15) is 19.7 Å². The van der Waals surface area contributed by atoms with Gasteiger partial charge in [-0.3, -0.25) is 19.7 Å². The summed E-state index contributed by atoms with van der Waals surface area (Å²) in [6, 6.07) is 11.2. The molecule has 27 heavy (non-hydrogen) atoms. The smallest absolute Gasteiger partial charge is 0.273 e. The van der Waals surface area contributed by atoms with E-state index in [1.807, 2.05) is 0 Å². The molecule has 0 aromatic heterocycles. The standard InChI is InChI=1S/C19H21N3O5/c1-13-3-6-15(12-17(13)22(25)26)19(24)21-16-7-4-14(5-8-16)11-18(23)20-9-10-27-2/h3-8,12H,9-11H2,1-2H3,(H,20,23)(H,21,24). The quantitative estimate of drug-likeness (QED) is 0.421. The molecule has 2 amide bonds. The van der Waals surface area contributed by atoms with Crippen LogP contribution in [0.2, 0.25) is 0 Å². The highest BCUT2D eigenvalue weighted by atomic mass is 16.6. The first-order valence-electron chi connectivity index (χ1n) is 8.31. The van der Waals surface area contributed by atoms with E-state index in [0.717, 1.165) is 5.56 Å². The van der Waals surface area contributed by atoms with E-state index in [1.54, 1.807) is 44.4 Å². The van der Waals surface area contributed by atoms with Crippen LogP contribution in [0.3, 0.4) is 0 Å². The van der Waals surface area contributed by atoms with Gasteiger partial charge in [0.15, 0.2) is 0 Å². The molecule has 8 heteroatoms. The molecule has 2 aromatic rings. The molecule has 142 valence electrons. The Kier molecular flexibility index (Phi) is 7.01. The molecule has 0 unspecified atom stereocenters. The summed E-state index contributed by atoms with van der Waals surface area (Å²) in [5, 5.41) is 16.4. The fraction of sp³-hybridized carbons (Fsp3) is 0.263. The van der Waals surface area contributed by atoms with Gasteiger partial charge in [0.2, 0.25) is 5.91 Å². The summed E-state index contributed by atoms with van der Waals surface area (Å²) in [6.45, 7) is 2.52. The average Bonchev–Trinajstić information content (AvgIpc) is 2.63. The minimum absolute atomic E-state index is 0.0996. The monoisotopic (exact) mass is 371 g/mol. The molecule has 2 N–H and O–H groups in total. The summed E-state index contributed by atoms with van der Waals surface area (Å²) >= 11 is 0. The van der Waals surface area contributed by atoms with Crippen LogP contribution in [-0.2, 0) is 16.0 Å². The minimum atomic E-state index is -0.515. The van der Waals surface area contributed by atoms with Crippen LogP contribution in [0.15, 0.2) is 42.5 Å². The lowest BCUT2D eigenvalue weighted by Gasteiger charge is -2.08. The van der Waals surface area contributed by atoms with Gasteiger partial charge in [-0.25, -0.2) is 0 Å². The van der Waals surface area contributed by atoms with Crippen molar-refractivity contribution in [3.63, 3.8) is 0 Å². The Hall–Kier alpha value is -3.26. The van der Waals surface area contributed by atoms with Crippen LogP contribution < -0.4 is 10.6 Å². The van der Waals surface area contributed by atoms with Crippen molar-refractivity contribution in [1.82, 2.24) is 5.32 Å². The second-order valence-electron chi connectivity index (χ2n) is 5.93. The summed E-state index contributed by atoms with van der Waals surface area (Å²) in [4.78, 5) is 34.5. The van der Waals surface area contributed by atoms with Gasteiger partial charge < -0.3 is 15.4 Å². The predicted octanol–water partition coefficient (Wildman–Crippen LogP) is 2.46. The van der Waals surface area contributed by atoms with Crippen LogP contribution >= 0.6 is 0 Å². The molecule has 0 radical (unpaired) electrons. The van der Waals surface area contributed by atoms with Crippen molar-refractivity contribution in [2.75, 3.05) is 25.6 Å². The van der Waals surface area contributed by atoms with Gasteiger partial charge in [0.1, 0.15) is 0 Å². The van der Waals surface area contributed by atoms with Crippen LogP contribution in [0.4, 0.5) is 11.4 Å². The van der Waals surface area contributed by atoms with Gasteiger partial charge in [0, 0.05) is 36.5 Å². The first kappa shape index (κ1) is 20.1. The van der Waals surface area contributed by atoms with E-state index >= 15 is 0 Å². The second kappa shape index (κ2) is 9.44. The third-order valence-corrected chi connectivity index (χ3v) is 3.87. The second-order valence-corrected chi connectivity index (χ2v) is 5.93. The number of benzene rings is 2. The number of ether oxygens (including phenoxy) is 1. The third kappa shape index (κ3) is 5.89. The van der Waals surface area contributed by atoms with Crippen molar-refractivity contribution in [3.05, 3.63) is 69.3 Å². The number of hydrogen-bond acceptors (Lipinski definition) is 5. The summed E-state index contributed by atoms with van der Waals surface area (Å²) < 4.78 is 4.87. The molecule has 0 bridgehead atoms. The number of nitro benzene ring substituents is 1. The molecule has 2 aromatic carbocycles. The zero-order chi connectivity index (χ0) is 19.8. The fourth-order valence-corrected chi connectivity index (χ4v) is 2.40. The van der Waals surface area contributed by atoms with Gasteiger partial charge in [-0.05, 0) is 30.7 Å². The largest absolute Gasteiger partial charge is 0.383 e. The number of aryl methyl sites for hydroxylation is 1. The number of methoxy groups -OCH3 is 1. The Morgan fingerprint density at radius 3 is 2.48 bits per heavy atom. The first-order valence-corrected chi connectivity index (χ1v) is 8.31. The van der Waals surface area contributed by atoms with E-state index in [2.05, 4.69) is 10.6 Å². The molecule has 0 saturated heterocycles. The topological polar surface area (TPSA) is 111 Å². The van der Waals surface area contributed by atoms with Crippen LogP contribution in [0.25, 0.3) is 0 Å². The number of anilines is 1. The van der Waals surface area contributed by atoms with Crippen molar-refractivity contribution >= 4 is 23.2 Å². The molecule has 0 aliphatic rings. The van der Waals surface area contributed by atoms with Crippen LogP contribution in [0, 0.1) is 17.0 Å². The highest BCUT2D eigenvalue weighted by molar-refractivity contribution is 6.04. The average molecular weight is 371 g/mol. The molecular weight excluding hydrogens is 350 g/mol. The van der Waals surface area contributed by atoms with E-state index in [-0.39, 0.29) is 23.6 Å². The van der Waals surface area contributed by atoms with Crippen molar-refractivity contribution in [2.24, 2.45) is 0 Å². The maximum absolute atomic E-state index is 12.3. The molecule has 8 nitrogen and oxygen atoms in total. The Bertz CT molecular complexity index is 834. The lowest BCUT2D eigenvalue weighted by Crippen LogP contribution is -2.28. The molecule has 0 spiro atoms. The molecule has 0 atom stereocenters. The minimum Gasteiger partial charge on any atom is -0.383 e. The van der Waals surface area contributed by atoms with Gasteiger partial charge in [0.25, 0.3) is 11.6 Å². The van der Waals surface area contributed by atoms with Crippen molar-refractivity contribution < 1.29 is 19.2 Å². The van der Waals surface area contributed by atoms with Crippen LogP contribution in [0.1, 0.15) is 21.5 Å². The Morgan fingerprint density at radius 1 is 1.15 bits per heavy atom. The number of carbonyl (C=O) groups excluding carboxylic acids is 2. The van der Waals surface area contributed by atoms with Crippen molar-refractivity contribution in [2.45, 2.75) is 13.3 Å². The van der Waals surface area contributed by atoms with Crippen molar-refractivity contribution in [1.29, 1.82) is 0 Å². The highest BCUT2D eigenvalue weighted by Crippen LogP contribution is 2.20. The zero-order valence-electron chi connectivity index (χ0n) is 15.2. The summed E-state index contributed by atoms with van der Waals surface area (Å²) in [5.74, 6) is -0.557. The molecule has 0 fully saturated rings.